The fourth-order valence-corrected chi connectivity index (χ4v) is 1.59. The molecule has 0 unspecified atom stereocenters. The van der Waals surface area contributed by atoms with Gasteiger partial charge in [-0.3, -0.25) is 12.2 Å². The molecule has 0 aliphatic heterocycles. The molecule has 2 aliphatic carbocycles. The number of rotatable bonds is 0. The molecule has 131 valence electrons. The summed E-state index contributed by atoms with van der Waals surface area (Å²) in [4.78, 5) is 0. The van der Waals surface area contributed by atoms with Gasteiger partial charge in [0.1, 0.15) is 0 Å². The number of allylic oxidation sites excluding steroid dienone is 8. The zero-order valence-electron chi connectivity index (χ0n) is 12.9. The minimum atomic E-state index is -5.04. The topological polar surface area (TPSA) is 0 Å². The van der Waals surface area contributed by atoms with E-state index < -0.39 is 23.5 Å². The molecule has 0 nitrogen and oxygen atoms in total. The zero-order chi connectivity index (χ0) is 18.1. The first-order chi connectivity index (χ1) is 11.2. The second-order valence-corrected chi connectivity index (χ2v) is 4.46. The Balaban J connectivity index is 0.000000425. The second-order valence-electron chi connectivity index (χ2n) is 4.46. The van der Waals surface area contributed by atoms with Crippen LogP contribution in [0.2, 0.25) is 0 Å². The van der Waals surface area contributed by atoms with E-state index in [9.17, 15) is 26.3 Å². The Bertz CT molecular complexity index is 546. The Morgan fingerprint density at radius 2 is 1.32 bits per heavy atom. The van der Waals surface area contributed by atoms with Gasteiger partial charge in [-0.2, -0.15) is 62.8 Å². The van der Waals surface area contributed by atoms with Gasteiger partial charge in [-0.15, -0.1) is 12.8 Å². The van der Waals surface area contributed by atoms with Gasteiger partial charge < -0.3 is 0 Å². The molecule has 0 atom stereocenters. The van der Waals surface area contributed by atoms with E-state index >= 15 is 0 Å². The van der Waals surface area contributed by atoms with Crippen LogP contribution < -0.4 is 0 Å². The van der Waals surface area contributed by atoms with Crippen LogP contribution in [0.15, 0.2) is 54.7 Å². The molecule has 0 N–H and O–H groups in total. The number of halogens is 6. The van der Waals surface area contributed by atoms with Crippen molar-refractivity contribution in [3.05, 3.63) is 84.0 Å². The summed E-state index contributed by atoms with van der Waals surface area (Å²) in [7, 11) is 0. The maximum absolute atomic E-state index is 12.1. The minimum Gasteiger partial charge on any atom is -0.273 e. The van der Waals surface area contributed by atoms with E-state index in [-0.39, 0.29) is 21.7 Å². The maximum atomic E-state index is 12.1. The number of hydrogen-bond acceptors (Lipinski definition) is 0. The van der Waals surface area contributed by atoms with Crippen molar-refractivity contribution in [1.29, 1.82) is 0 Å². The van der Waals surface area contributed by atoms with Crippen LogP contribution in [0.1, 0.15) is 24.0 Å². The maximum Gasteiger partial charge on any atom is 3.00 e. The Labute approximate surface area is 157 Å². The Morgan fingerprint density at radius 3 is 1.56 bits per heavy atom. The van der Waals surface area contributed by atoms with Crippen molar-refractivity contribution >= 4 is 0 Å². The van der Waals surface area contributed by atoms with Crippen molar-refractivity contribution in [3.63, 3.8) is 0 Å². The van der Waals surface area contributed by atoms with E-state index in [4.69, 9.17) is 0 Å². The van der Waals surface area contributed by atoms with Crippen molar-refractivity contribution in [2.75, 3.05) is 0 Å². The van der Waals surface area contributed by atoms with E-state index in [2.05, 4.69) is 24.3 Å². The van der Waals surface area contributed by atoms with Gasteiger partial charge in [0.2, 0.25) is 0 Å². The third-order valence-electron chi connectivity index (χ3n) is 2.62. The molecule has 0 spiro atoms. The van der Waals surface area contributed by atoms with Crippen molar-refractivity contribution in [2.45, 2.75) is 25.2 Å². The molecule has 0 saturated carbocycles. The van der Waals surface area contributed by atoms with E-state index in [1.54, 1.807) is 0 Å². The molecule has 2 aliphatic rings. The average molecular weight is 391 g/mol. The summed E-state index contributed by atoms with van der Waals surface area (Å²) < 4.78 is 72.3. The van der Waals surface area contributed by atoms with Crippen molar-refractivity contribution in [1.82, 2.24) is 0 Å². The summed E-state index contributed by atoms with van der Waals surface area (Å²) in [5.74, 6) is 0. The standard InChI is InChI=1S/C8H3F6.2C5H5.Ti/c9-7(10,11)5-3-1-2-4-6(5)8(12,13)14;2*1-2-4-5-3-1;/h1-3H;2*1-3H,4H2;/q3*-1;+3. The van der Waals surface area contributed by atoms with Gasteiger partial charge in [0.15, 0.2) is 0 Å². The molecule has 0 bridgehead atoms. The van der Waals surface area contributed by atoms with Crippen LogP contribution in [0.25, 0.3) is 0 Å². The van der Waals surface area contributed by atoms with E-state index in [0.29, 0.717) is 6.07 Å². The van der Waals surface area contributed by atoms with Gasteiger partial charge >= 0.3 is 34.1 Å². The third-order valence-corrected chi connectivity index (χ3v) is 2.62. The Morgan fingerprint density at radius 1 is 0.800 bits per heavy atom. The van der Waals surface area contributed by atoms with Crippen LogP contribution in [-0.4, -0.2) is 0 Å². The van der Waals surface area contributed by atoms with Gasteiger partial charge in [0.05, 0.1) is 0 Å². The Hall–Kier alpha value is -1.53. The molecule has 1 radical (unpaired) electrons. The minimum absolute atomic E-state index is 0. The molecule has 3 rings (SSSR count). The van der Waals surface area contributed by atoms with Crippen LogP contribution in [-0.2, 0) is 34.1 Å². The van der Waals surface area contributed by atoms with Crippen LogP contribution in [0.3, 0.4) is 0 Å². The SMILES string of the molecule is FC(F)(F)c1[c-]cccc1C(F)(F)F.[C-]1=CC=CC1.[C-]1=CC=CC1.[Ti+3]. The monoisotopic (exact) mass is 391 g/mol. The summed E-state index contributed by atoms with van der Waals surface area (Å²) in [6, 6.07) is 3.56. The molecule has 0 heterocycles. The molecule has 1 aromatic rings. The molecule has 0 amide bonds. The fraction of sp³-hybridized carbons (Fsp3) is 0.222. The van der Waals surface area contributed by atoms with Crippen LogP contribution in [0.4, 0.5) is 26.3 Å². The second kappa shape index (κ2) is 11.2. The smallest absolute Gasteiger partial charge is 0.273 e. The predicted octanol–water partition coefficient (Wildman–Crippen LogP) is 6.13. The molecule has 7 heteroatoms. The quantitative estimate of drug-likeness (QED) is 0.283. The van der Waals surface area contributed by atoms with Crippen LogP contribution in [0, 0.1) is 18.2 Å². The van der Waals surface area contributed by atoms with Gasteiger partial charge in [0, 0.05) is 0 Å². The molecule has 0 aromatic heterocycles. The summed E-state index contributed by atoms with van der Waals surface area (Å²) in [5, 5.41) is 0. The van der Waals surface area contributed by atoms with Crippen LogP contribution in [0.5, 0.6) is 0 Å². The molecule has 25 heavy (non-hydrogen) atoms. The summed E-state index contributed by atoms with van der Waals surface area (Å²) >= 11 is 0. The third kappa shape index (κ3) is 9.51. The normalized spacial score (nSPS) is 14.3. The summed E-state index contributed by atoms with van der Waals surface area (Å²) in [6.07, 6.45) is 9.95. The number of alkyl halides is 6. The van der Waals surface area contributed by atoms with E-state index in [1.807, 2.05) is 24.3 Å². The Kier molecular flexibility index (Phi) is 10.5. The molecular formula is C18H13F6Ti. The molecular weight excluding hydrogens is 378 g/mol. The van der Waals surface area contributed by atoms with Crippen molar-refractivity contribution < 1.29 is 48.1 Å². The summed E-state index contributed by atoms with van der Waals surface area (Å²) in [6.45, 7) is 0. The number of hydrogen-bond donors (Lipinski definition) is 0. The van der Waals surface area contributed by atoms with Crippen LogP contribution >= 0.6 is 0 Å². The van der Waals surface area contributed by atoms with Gasteiger partial charge in [-0.1, -0.05) is 0 Å². The van der Waals surface area contributed by atoms with Crippen molar-refractivity contribution in [3.8, 4) is 0 Å². The first kappa shape index (κ1) is 23.5. The number of benzene rings is 1. The zero-order valence-corrected chi connectivity index (χ0v) is 14.4. The molecule has 1 aromatic carbocycles. The average Bonchev–Trinajstić information content (AvgIpc) is 3.24. The fourth-order valence-electron chi connectivity index (χ4n) is 1.59. The predicted molar refractivity (Wildman–Crippen MR) is 78.4 cm³/mol. The molecule has 0 fully saturated rings. The van der Waals surface area contributed by atoms with Gasteiger partial charge in [-0.25, -0.2) is 24.3 Å². The van der Waals surface area contributed by atoms with Gasteiger partial charge in [-0.05, 0) is 11.1 Å². The summed E-state index contributed by atoms with van der Waals surface area (Å²) in [5.41, 5.74) is -3.50. The van der Waals surface area contributed by atoms with E-state index in [0.717, 1.165) is 25.0 Å². The first-order valence-corrected chi connectivity index (χ1v) is 6.81. The largest absolute Gasteiger partial charge is 3.00 e. The van der Waals surface area contributed by atoms with E-state index in [1.165, 1.54) is 6.07 Å². The molecule has 0 saturated heterocycles. The first-order valence-electron chi connectivity index (χ1n) is 6.81. The van der Waals surface area contributed by atoms with Gasteiger partial charge in [0.25, 0.3) is 0 Å². The van der Waals surface area contributed by atoms with Crippen molar-refractivity contribution in [2.24, 2.45) is 0 Å².